The lowest BCUT2D eigenvalue weighted by molar-refractivity contribution is -0.175. The first-order valence-corrected chi connectivity index (χ1v) is 5.32. The first-order chi connectivity index (χ1) is 6.97. The fraction of sp³-hybridized carbons (Fsp3) is 1.00. The molecule has 1 fully saturated rings. The molecule has 1 saturated carbocycles. The van der Waals surface area contributed by atoms with E-state index in [1.54, 1.807) is 0 Å². The predicted molar refractivity (Wildman–Crippen MR) is 51.4 cm³/mol. The molecular weight excluding hydrogens is 207 g/mol. The first kappa shape index (κ1) is 12.8. The Hall–Kier alpha value is -0.290. The van der Waals surface area contributed by atoms with Crippen LogP contribution in [-0.4, -0.2) is 25.9 Å². The fourth-order valence-corrected chi connectivity index (χ4v) is 2.16. The Labute approximate surface area is 88.0 Å². The topological polar surface area (TPSA) is 35.2 Å². The molecule has 15 heavy (non-hydrogen) atoms. The standard InChI is InChI=1S/C10H18F3NO/c11-10(12,13)8-15-6-5-9(7-14)3-1-2-4-9/h1-8,14H2. The lowest BCUT2D eigenvalue weighted by Crippen LogP contribution is -2.29. The Kier molecular flexibility index (Phi) is 4.40. The van der Waals surface area contributed by atoms with Crippen LogP contribution in [0.3, 0.4) is 0 Å². The molecule has 2 N–H and O–H groups in total. The van der Waals surface area contributed by atoms with Crippen molar-refractivity contribution in [1.29, 1.82) is 0 Å². The van der Waals surface area contributed by atoms with E-state index in [-0.39, 0.29) is 12.0 Å². The quantitative estimate of drug-likeness (QED) is 0.729. The second kappa shape index (κ2) is 5.16. The molecule has 0 aromatic rings. The van der Waals surface area contributed by atoms with Gasteiger partial charge in [-0.25, -0.2) is 0 Å². The molecule has 1 rings (SSSR count). The third-order valence-electron chi connectivity index (χ3n) is 3.14. The SMILES string of the molecule is NCC1(CCOCC(F)(F)F)CCCC1. The smallest absolute Gasteiger partial charge is 0.372 e. The van der Waals surface area contributed by atoms with Crippen LogP contribution in [0.15, 0.2) is 0 Å². The monoisotopic (exact) mass is 225 g/mol. The Morgan fingerprint density at radius 1 is 1.20 bits per heavy atom. The van der Waals surface area contributed by atoms with Crippen LogP contribution in [0.5, 0.6) is 0 Å². The maximum absolute atomic E-state index is 11.8. The van der Waals surface area contributed by atoms with Crippen molar-refractivity contribution in [1.82, 2.24) is 0 Å². The van der Waals surface area contributed by atoms with Crippen molar-refractivity contribution in [3.8, 4) is 0 Å². The summed E-state index contributed by atoms with van der Waals surface area (Å²) in [5, 5.41) is 0. The van der Waals surface area contributed by atoms with Crippen molar-refractivity contribution in [3.05, 3.63) is 0 Å². The highest BCUT2D eigenvalue weighted by Crippen LogP contribution is 2.40. The molecule has 2 nitrogen and oxygen atoms in total. The van der Waals surface area contributed by atoms with Gasteiger partial charge in [-0.15, -0.1) is 0 Å². The first-order valence-electron chi connectivity index (χ1n) is 5.32. The zero-order valence-electron chi connectivity index (χ0n) is 8.78. The number of rotatable bonds is 5. The molecule has 0 saturated heterocycles. The van der Waals surface area contributed by atoms with Crippen molar-refractivity contribution in [2.45, 2.75) is 38.3 Å². The van der Waals surface area contributed by atoms with E-state index in [2.05, 4.69) is 4.74 Å². The lowest BCUT2D eigenvalue weighted by Gasteiger charge is -2.26. The summed E-state index contributed by atoms with van der Waals surface area (Å²) in [6.45, 7) is -0.424. The molecule has 0 aromatic carbocycles. The van der Waals surface area contributed by atoms with Crippen molar-refractivity contribution < 1.29 is 17.9 Å². The van der Waals surface area contributed by atoms with E-state index in [0.29, 0.717) is 13.0 Å². The highest BCUT2D eigenvalue weighted by Gasteiger charge is 2.33. The molecule has 1 aliphatic rings. The lowest BCUT2D eigenvalue weighted by atomic mass is 9.83. The van der Waals surface area contributed by atoms with Crippen molar-refractivity contribution in [3.63, 3.8) is 0 Å². The van der Waals surface area contributed by atoms with E-state index in [9.17, 15) is 13.2 Å². The maximum Gasteiger partial charge on any atom is 0.411 e. The zero-order valence-corrected chi connectivity index (χ0v) is 8.78. The second-order valence-electron chi connectivity index (χ2n) is 4.33. The number of ether oxygens (including phenoxy) is 1. The van der Waals surface area contributed by atoms with Crippen molar-refractivity contribution >= 4 is 0 Å². The number of hydrogen-bond acceptors (Lipinski definition) is 2. The summed E-state index contributed by atoms with van der Waals surface area (Å²) in [6.07, 6.45) is 0.760. The number of halogens is 3. The van der Waals surface area contributed by atoms with E-state index in [4.69, 9.17) is 5.73 Å². The van der Waals surface area contributed by atoms with E-state index in [0.717, 1.165) is 25.7 Å². The van der Waals surface area contributed by atoms with E-state index >= 15 is 0 Å². The van der Waals surface area contributed by atoms with E-state index in [1.807, 2.05) is 0 Å². The molecule has 90 valence electrons. The third kappa shape index (κ3) is 4.38. The summed E-state index contributed by atoms with van der Waals surface area (Å²) < 4.78 is 40.0. The van der Waals surface area contributed by atoms with Crippen LogP contribution >= 0.6 is 0 Å². The summed E-state index contributed by atoms with van der Waals surface area (Å²) >= 11 is 0. The minimum atomic E-state index is -4.22. The Balaban J connectivity index is 2.18. The average molecular weight is 225 g/mol. The van der Waals surface area contributed by atoms with Gasteiger partial charge >= 0.3 is 6.18 Å². The fourth-order valence-electron chi connectivity index (χ4n) is 2.16. The van der Waals surface area contributed by atoms with Crippen LogP contribution in [0.2, 0.25) is 0 Å². The van der Waals surface area contributed by atoms with Gasteiger partial charge in [0.25, 0.3) is 0 Å². The molecule has 0 atom stereocenters. The molecule has 0 heterocycles. The summed E-state index contributed by atoms with van der Waals surface area (Å²) in [4.78, 5) is 0. The van der Waals surface area contributed by atoms with Gasteiger partial charge in [-0.05, 0) is 31.2 Å². The average Bonchev–Trinajstić information content (AvgIpc) is 2.60. The highest BCUT2D eigenvalue weighted by molar-refractivity contribution is 4.85. The van der Waals surface area contributed by atoms with E-state index in [1.165, 1.54) is 0 Å². The van der Waals surface area contributed by atoms with Gasteiger partial charge in [0.05, 0.1) is 0 Å². The van der Waals surface area contributed by atoms with Gasteiger partial charge in [-0.2, -0.15) is 13.2 Å². The van der Waals surface area contributed by atoms with Crippen LogP contribution in [0.25, 0.3) is 0 Å². The van der Waals surface area contributed by atoms with Gasteiger partial charge < -0.3 is 10.5 Å². The summed E-state index contributed by atoms with van der Waals surface area (Å²) in [6, 6.07) is 0. The molecule has 0 spiro atoms. The van der Waals surface area contributed by atoms with Gasteiger partial charge in [0, 0.05) is 6.61 Å². The Morgan fingerprint density at radius 2 is 1.80 bits per heavy atom. The summed E-state index contributed by atoms with van der Waals surface area (Å²) in [5.74, 6) is 0. The molecule has 0 aliphatic heterocycles. The number of alkyl halides is 3. The van der Waals surface area contributed by atoms with Gasteiger partial charge in [-0.3, -0.25) is 0 Å². The Morgan fingerprint density at radius 3 is 2.27 bits per heavy atom. The predicted octanol–water partition coefficient (Wildman–Crippen LogP) is 2.47. The van der Waals surface area contributed by atoms with Gasteiger partial charge in [0.1, 0.15) is 6.61 Å². The second-order valence-corrected chi connectivity index (χ2v) is 4.33. The maximum atomic E-state index is 11.8. The van der Waals surface area contributed by atoms with Crippen LogP contribution in [0, 0.1) is 5.41 Å². The molecular formula is C10H18F3NO. The summed E-state index contributed by atoms with van der Waals surface area (Å²) in [5.41, 5.74) is 5.71. The zero-order chi connectivity index (χ0) is 11.4. The van der Waals surface area contributed by atoms with Crippen molar-refractivity contribution in [2.24, 2.45) is 11.1 Å². The molecule has 0 amide bonds. The summed E-state index contributed by atoms with van der Waals surface area (Å²) in [7, 11) is 0. The van der Waals surface area contributed by atoms with Crippen LogP contribution in [-0.2, 0) is 4.74 Å². The molecule has 0 bridgehead atoms. The molecule has 5 heteroatoms. The molecule has 1 aliphatic carbocycles. The van der Waals surface area contributed by atoms with Crippen molar-refractivity contribution in [2.75, 3.05) is 19.8 Å². The van der Waals surface area contributed by atoms with Gasteiger partial charge in [-0.1, -0.05) is 12.8 Å². The minimum Gasteiger partial charge on any atom is -0.372 e. The molecule has 0 unspecified atom stereocenters. The van der Waals surface area contributed by atoms with Gasteiger partial charge in [0.2, 0.25) is 0 Å². The minimum absolute atomic E-state index is 0.0472. The Bertz CT molecular complexity index is 188. The molecule has 0 aromatic heterocycles. The number of nitrogens with two attached hydrogens (primary N) is 1. The van der Waals surface area contributed by atoms with Crippen LogP contribution < -0.4 is 5.73 Å². The number of hydrogen-bond donors (Lipinski definition) is 1. The van der Waals surface area contributed by atoms with E-state index < -0.39 is 12.8 Å². The van der Waals surface area contributed by atoms with Crippen LogP contribution in [0.4, 0.5) is 13.2 Å². The normalized spacial score (nSPS) is 20.8. The largest absolute Gasteiger partial charge is 0.411 e. The van der Waals surface area contributed by atoms with Gasteiger partial charge in [0.15, 0.2) is 0 Å². The third-order valence-corrected chi connectivity index (χ3v) is 3.14. The molecule has 0 radical (unpaired) electrons. The van der Waals surface area contributed by atoms with Crippen LogP contribution in [0.1, 0.15) is 32.1 Å². The highest BCUT2D eigenvalue weighted by atomic mass is 19.4.